The van der Waals surface area contributed by atoms with Crippen LogP contribution >= 0.6 is 0 Å². The number of hydrogen-bond acceptors (Lipinski definition) is 4. The molecule has 3 heterocycles. The number of carbonyl (C=O) groups excluding carboxylic acids is 1. The van der Waals surface area contributed by atoms with Crippen molar-refractivity contribution in [3.8, 4) is 0 Å². The van der Waals surface area contributed by atoms with Gasteiger partial charge in [-0.3, -0.25) is 4.79 Å². The van der Waals surface area contributed by atoms with E-state index in [1.54, 1.807) is 0 Å². The van der Waals surface area contributed by atoms with Crippen molar-refractivity contribution in [2.75, 3.05) is 6.54 Å². The number of hydrogen-bond donors (Lipinski definition) is 2. The van der Waals surface area contributed by atoms with Gasteiger partial charge in [0.05, 0.1) is 6.54 Å². The Morgan fingerprint density at radius 2 is 2.33 bits per heavy atom. The number of nitrogens with one attached hydrogen (secondary N) is 2. The Kier molecular flexibility index (Phi) is 4.24. The maximum Gasteiger partial charge on any atom is 0.223 e. The maximum atomic E-state index is 12.4. The molecule has 2 aliphatic rings. The number of amides is 1. The smallest absolute Gasteiger partial charge is 0.223 e. The van der Waals surface area contributed by atoms with Crippen molar-refractivity contribution in [1.29, 1.82) is 0 Å². The Morgan fingerprint density at radius 3 is 3.10 bits per heavy atom. The van der Waals surface area contributed by atoms with Crippen molar-refractivity contribution in [1.82, 2.24) is 25.4 Å². The number of aryl methyl sites for hydroxylation is 2. The summed E-state index contributed by atoms with van der Waals surface area (Å²) in [6.45, 7) is 5.92. The molecule has 1 amide bonds. The third kappa shape index (κ3) is 3.26. The Labute approximate surface area is 125 Å². The largest absolute Gasteiger partial charge is 0.351 e. The summed E-state index contributed by atoms with van der Waals surface area (Å²) in [5.41, 5.74) is 0. The first kappa shape index (κ1) is 14.5. The number of fused-ring (bicyclic) bond motifs is 1. The Morgan fingerprint density at radius 1 is 1.48 bits per heavy atom. The Balaban J connectivity index is 1.57. The van der Waals surface area contributed by atoms with E-state index >= 15 is 0 Å². The van der Waals surface area contributed by atoms with Crippen LogP contribution in [0.5, 0.6) is 0 Å². The van der Waals surface area contributed by atoms with Crippen molar-refractivity contribution >= 4 is 5.91 Å². The Bertz CT molecular complexity index is 512. The van der Waals surface area contributed by atoms with Crippen molar-refractivity contribution in [2.45, 2.75) is 64.6 Å². The highest BCUT2D eigenvalue weighted by Crippen LogP contribution is 2.18. The molecule has 2 aliphatic heterocycles. The summed E-state index contributed by atoms with van der Waals surface area (Å²) in [5, 5.41) is 11.1. The molecule has 3 rings (SSSR count). The van der Waals surface area contributed by atoms with Gasteiger partial charge in [-0.25, -0.2) is 9.67 Å². The molecule has 1 fully saturated rings. The quantitative estimate of drug-likeness (QED) is 0.858. The normalized spacial score (nSPS) is 29.0. The molecule has 0 aromatic carbocycles. The van der Waals surface area contributed by atoms with Gasteiger partial charge in [0.1, 0.15) is 5.82 Å². The summed E-state index contributed by atoms with van der Waals surface area (Å²) < 4.78 is 1.97. The average molecular weight is 291 g/mol. The molecule has 3 atom stereocenters. The number of aromatic nitrogens is 3. The molecule has 6 heteroatoms. The summed E-state index contributed by atoms with van der Waals surface area (Å²) in [4.78, 5) is 16.9. The lowest BCUT2D eigenvalue weighted by Gasteiger charge is -2.30. The number of piperidine rings is 1. The van der Waals surface area contributed by atoms with Gasteiger partial charge in [0.15, 0.2) is 5.82 Å². The number of carbonyl (C=O) groups is 1. The second kappa shape index (κ2) is 6.13. The SMILES string of the molecule is CCc1nc2n(n1)CC(NC(=O)[C@H]1CCN[C@@H](C)C1)CC2. The van der Waals surface area contributed by atoms with Crippen molar-refractivity contribution in [3.05, 3.63) is 11.6 Å². The van der Waals surface area contributed by atoms with Crippen LogP contribution in [0.1, 0.15) is 44.8 Å². The Hall–Kier alpha value is -1.43. The van der Waals surface area contributed by atoms with Gasteiger partial charge in [-0.05, 0) is 32.7 Å². The predicted octanol–water partition coefficient (Wildman–Crippen LogP) is 0.660. The molecule has 6 nitrogen and oxygen atoms in total. The van der Waals surface area contributed by atoms with Gasteiger partial charge >= 0.3 is 0 Å². The zero-order valence-electron chi connectivity index (χ0n) is 12.9. The lowest BCUT2D eigenvalue weighted by molar-refractivity contribution is -0.127. The first-order valence-electron chi connectivity index (χ1n) is 8.12. The molecule has 0 aliphatic carbocycles. The van der Waals surface area contributed by atoms with Gasteiger partial charge in [-0.2, -0.15) is 5.10 Å². The second-order valence-electron chi connectivity index (χ2n) is 6.30. The average Bonchev–Trinajstić information content (AvgIpc) is 2.89. The first-order chi connectivity index (χ1) is 10.2. The molecule has 0 saturated carbocycles. The van der Waals surface area contributed by atoms with E-state index < -0.39 is 0 Å². The van der Waals surface area contributed by atoms with Gasteiger partial charge in [0.2, 0.25) is 5.91 Å². The van der Waals surface area contributed by atoms with Crippen molar-refractivity contribution < 1.29 is 4.79 Å². The highest BCUT2D eigenvalue weighted by Gasteiger charge is 2.28. The summed E-state index contributed by atoms with van der Waals surface area (Å²) >= 11 is 0. The topological polar surface area (TPSA) is 71.8 Å². The summed E-state index contributed by atoms with van der Waals surface area (Å²) in [6, 6.07) is 0.636. The van der Waals surface area contributed by atoms with Crippen LogP contribution in [0.3, 0.4) is 0 Å². The third-order valence-electron chi connectivity index (χ3n) is 4.56. The zero-order valence-corrected chi connectivity index (χ0v) is 12.9. The minimum absolute atomic E-state index is 0.157. The molecular weight excluding hydrogens is 266 g/mol. The molecule has 1 saturated heterocycles. The van der Waals surface area contributed by atoms with Crippen LogP contribution in [-0.4, -0.2) is 39.3 Å². The van der Waals surface area contributed by atoms with E-state index in [1.165, 1.54) is 0 Å². The highest BCUT2D eigenvalue weighted by molar-refractivity contribution is 5.79. The molecule has 21 heavy (non-hydrogen) atoms. The minimum Gasteiger partial charge on any atom is -0.351 e. The molecule has 0 bridgehead atoms. The van der Waals surface area contributed by atoms with E-state index in [0.29, 0.717) is 6.04 Å². The van der Waals surface area contributed by atoms with Crippen LogP contribution in [0.15, 0.2) is 0 Å². The zero-order chi connectivity index (χ0) is 14.8. The van der Waals surface area contributed by atoms with E-state index in [-0.39, 0.29) is 17.9 Å². The predicted molar refractivity (Wildman–Crippen MR) is 79.8 cm³/mol. The van der Waals surface area contributed by atoms with Crippen LogP contribution in [0.25, 0.3) is 0 Å². The van der Waals surface area contributed by atoms with Crippen LogP contribution in [0, 0.1) is 5.92 Å². The van der Waals surface area contributed by atoms with Gasteiger partial charge in [-0.1, -0.05) is 6.92 Å². The van der Waals surface area contributed by atoms with Gasteiger partial charge in [0.25, 0.3) is 0 Å². The van der Waals surface area contributed by atoms with Crippen LogP contribution in [0.2, 0.25) is 0 Å². The molecule has 0 radical (unpaired) electrons. The molecule has 0 spiro atoms. The lowest BCUT2D eigenvalue weighted by Crippen LogP contribution is -2.47. The van der Waals surface area contributed by atoms with Crippen LogP contribution in [0.4, 0.5) is 0 Å². The van der Waals surface area contributed by atoms with E-state index in [2.05, 4.69) is 34.6 Å². The van der Waals surface area contributed by atoms with Crippen molar-refractivity contribution in [3.63, 3.8) is 0 Å². The minimum atomic E-state index is 0.157. The highest BCUT2D eigenvalue weighted by atomic mass is 16.2. The molecule has 2 N–H and O–H groups in total. The first-order valence-corrected chi connectivity index (χ1v) is 8.12. The summed E-state index contributed by atoms with van der Waals surface area (Å²) in [7, 11) is 0. The molecule has 116 valence electrons. The second-order valence-corrected chi connectivity index (χ2v) is 6.30. The molecule has 1 aromatic heterocycles. The third-order valence-corrected chi connectivity index (χ3v) is 4.56. The van der Waals surface area contributed by atoms with Crippen LogP contribution < -0.4 is 10.6 Å². The van der Waals surface area contributed by atoms with E-state index in [1.807, 2.05) is 4.68 Å². The van der Waals surface area contributed by atoms with Gasteiger partial charge in [-0.15, -0.1) is 0 Å². The van der Waals surface area contributed by atoms with E-state index in [0.717, 1.165) is 56.8 Å². The number of nitrogens with zero attached hydrogens (tertiary/aromatic N) is 3. The number of rotatable bonds is 3. The van der Waals surface area contributed by atoms with Gasteiger partial charge in [0, 0.05) is 30.8 Å². The monoisotopic (exact) mass is 291 g/mol. The van der Waals surface area contributed by atoms with Crippen LogP contribution in [-0.2, 0) is 24.2 Å². The fraction of sp³-hybridized carbons (Fsp3) is 0.800. The standard InChI is InChI=1S/C15H25N5O/c1-3-13-18-14-5-4-12(9-20(14)19-13)17-15(21)11-6-7-16-10(2)8-11/h10-12,16H,3-9H2,1-2H3,(H,17,21)/t10-,11-,12?/m0/s1. The van der Waals surface area contributed by atoms with E-state index in [4.69, 9.17) is 0 Å². The fourth-order valence-corrected chi connectivity index (χ4v) is 3.32. The summed E-state index contributed by atoms with van der Waals surface area (Å²) in [5.74, 6) is 2.34. The van der Waals surface area contributed by atoms with Gasteiger partial charge < -0.3 is 10.6 Å². The molecule has 1 aromatic rings. The lowest BCUT2D eigenvalue weighted by atomic mass is 9.92. The molecular formula is C15H25N5O. The van der Waals surface area contributed by atoms with E-state index in [9.17, 15) is 4.79 Å². The maximum absolute atomic E-state index is 12.4. The molecule has 1 unspecified atom stereocenters. The summed E-state index contributed by atoms with van der Waals surface area (Å²) in [6.07, 6.45) is 4.61. The van der Waals surface area contributed by atoms with Crippen molar-refractivity contribution in [2.24, 2.45) is 5.92 Å². The fourth-order valence-electron chi connectivity index (χ4n) is 3.32.